The van der Waals surface area contributed by atoms with Crippen molar-refractivity contribution in [1.29, 1.82) is 0 Å². The molecule has 1 aliphatic rings. The Morgan fingerprint density at radius 1 is 1.07 bits per heavy atom. The highest BCUT2D eigenvalue weighted by molar-refractivity contribution is 7.22. The van der Waals surface area contributed by atoms with Gasteiger partial charge >= 0.3 is 0 Å². The minimum absolute atomic E-state index is 0.0305. The number of nitrogens with zero attached hydrogens (tertiary/aromatic N) is 4. The molecule has 154 valence electrons. The highest BCUT2D eigenvalue weighted by Crippen LogP contribution is 2.31. The van der Waals surface area contributed by atoms with E-state index in [0.29, 0.717) is 12.1 Å². The van der Waals surface area contributed by atoms with E-state index in [1.165, 1.54) is 0 Å². The minimum atomic E-state index is -0.0305. The van der Waals surface area contributed by atoms with Crippen molar-refractivity contribution in [2.75, 3.05) is 44.2 Å². The normalized spacial score (nSPS) is 15.2. The van der Waals surface area contributed by atoms with Crippen molar-refractivity contribution >= 4 is 65.7 Å². The molecule has 4 aromatic rings. The van der Waals surface area contributed by atoms with Crippen LogP contribution in [0.5, 0.6) is 0 Å². The number of nitrogens with one attached hydrogen (secondary N) is 1. The van der Waals surface area contributed by atoms with E-state index in [1.54, 1.807) is 28.2 Å². The van der Waals surface area contributed by atoms with Gasteiger partial charge in [0.2, 0.25) is 0 Å². The van der Waals surface area contributed by atoms with Crippen LogP contribution in [0.4, 0.5) is 5.13 Å². The first-order valence-electron chi connectivity index (χ1n) is 9.80. The molecule has 3 heterocycles. The maximum Gasteiger partial charge on any atom is 0.251 e. The Kier molecular flexibility index (Phi) is 5.56. The van der Waals surface area contributed by atoms with Crippen LogP contribution < -0.4 is 10.2 Å². The zero-order chi connectivity index (χ0) is 20.5. The van der Waals surface area contributed by atoms with Gasteiger partial charge in [0.25, 0.3) is 5.91 Å². The molecule has 0 atom stereocenters. The summed E-state index contributed by atoms with van der Waals surface area (Å²) in [6, 6.07) is 11.5. The Hall–Kier alpha value is -2.26. The van der Waals surface area contributed by atoms with E-state index in [4.69, 9.17) is 16.6 Å². The topological polar surface area (TPSA) is 61.4 Å². The van der Waals surface area contributed by atoms with E-state index in [0.717, 1.165) is 63.3 Å². The number of benzene rings is 2. The van der Waals surface area contributed by atoms with E-state index in [-0.39, 0.29) is 5.91 Å². The summed E-state index contributed by atoms with van der Waals surface area (Å²) in [6.07, 6.45) is 0. The first kappa shape index (κ1) is 19.7. The highest BCUT2D eigenvalue weighted by Gasteiger charge is 2.20. The molecular weight excluding hydrogens is 438 g/mol. The fourth-order valence-electron chi connectivity index (χ4n) is 3.61. The summed E-state index contributed by atoms with van der Waals surface area (Å²) >= 11 is 9.33. The second-order valence-corrected chi connectivity index (χ2v) is 9.56. The lowest BCUT2D eigenvalue weighted by Gasteiger charge is -2.34. The number of amides is 1. The van der Waals surface area contributed by atoms with Gasteiger partial charge in [-0.1, -0.05) is 22.9 Å². The van der Waals surface area contributed by atoms with Crippen molar-refractivity contribution < 1.29 is 4.79 Å². The lowest BCUT2D eigenvalue weighted by Crippen LogP contribution is -2.48. The molecular formula is C21H20ClN5OS2. The Balaban J connectivity index is 1.11. The molecule has 5 rings (SSSR count). The van der Waals surface area contributed by atoms with Crippen LogP contribution in [-0.4, -0.2) is 60.0 Å². The molecule has 1 saturated heterocycles. The molecule has 9 heteroatoms. The van der Waals surface area contributed by atoms with Crippen LogP contribution in [0.3, 0.4) is 0 Å². The van der Waals surface area contributed by atoms with Gasteiger partial charge in [0.05, 0.1) is 25.9 Å². The van der Waals surface area contributed by atoms with E-state index in [2.05, 4.69) is 20.1 Å². The second-order valence-electron chi connectivity index (χ2n) is 7.23. The summed E-state index contributed by atoms with van der Waals surface area (Å²) in [5.74, 6) is -0.0305. The zero-order valence-corrected chi connectivity index (χ0v) is 18.6. The number of hydrogen-bond donors (Lipinski definition) is 1. The van der Waals surface area contributed by atoms with E-state index >= 15 is 0 Å². The standard InChI is InChI=1S/C21H20ClN5OS2/c22-15-2-4-17-19(12-15)30-21(25-17)27-9-7-26(8-10-27)6-5-23-20(28)14-1-3-16-18(11-14)29-13-24-16/h1-4,11-13H,5-10H2,(H,23,28). The Labute approximate surface area is 187 Å². The zero-order valence-electron chi connectivity index (χ0n) is 16.2. The number of carbonyl (C=O) groups is 1. The average Bonchev–Trinajstić information content (AvgIpc) is 3.40. The van der Waals surface area contributed by atoms with Gasteiger partial charge in [0, 0.05) is 49.9 Å². The van der Waals surface area contributed by atoms with Crippen molar-refractivity contribution in [1.82, 2.24) is 20.2 Å². The number of thiazole rings is 2. The van der Waals surface area contributed by atoms with Gasteiger partial charge in [-0.2, -0.15) is 0 Å². The van der Waals surface area contributed by atoms with Gasteiger partial charge in [-0.3, -0.25) is 9.69 Å². The number of aromatic nitrogens is 2. The number of hydrogen-bond acceptors (Lipinski definition) is 7. The predicted octanol–water partition coefficient (Wildman–Crippen LogP) is 4.11. The van der Waals surface area contributed by atoms with Crippen LogP contribution in [0.25, 0.3) is 20.4 Å². The highest BCUT2D eigenvalue weighted by atomic mass is 35.5. The fourth-order valence-corrected chi connectivity index (χ4v) is 5.62. The molecule has 6 nitrogen and oxygen atoms in total. The molecule has 30 heavy (non-hydrogen) atoms. The molecule has 0 unspecified atom stereocenters. The lowest BCUT2D eigenvalue weighted by molar-refractivity contribution is 0.0948. The Morgan fingerprint density at radius 2 is 1.90 bits per heavy atom. The monoisotopic (exact) mass is 457 g/mol. The summed E-state index contributed by atoms with van der Waals surface area (Å²) in [5.41, 5.74) is 4.43. The molecule has 0 bridgehead atoms. The number of carbonyl (C=O) groups excluding carboxylic acids is 1. The van der Waals surface area contributed by atoms with Crippen molar-refractivity contribution in [2.45, 2.75) is 0 Å². The van der Waals surface area contributed by atoms with Crippen LogP contribution >= 0.6 is 34.3 Å². The Morgan fingerprint density at radius 3 is 2.77 bits per heavy atom. The maximum atomic E-state index is 12.4. The van der Waals surface area contributed by atoms with Gasteiger partial charge in [-0.05, 0) is 36.4 Å². The number of halogens is 1. The summed E-state index contributed by atoms with van der Waals surface area (Å²) < 4.78 is 2.16. The number of piperazine rings is 1. The molecule has 1 amide bonds. The van der Waals surface area contributed by atoms with E-state index in [1.807, 2.05) is 36.4 Å². The minimum Gasteiger partial charge on any atom is -0.351 e. The third kappa shape index (κ3) is 4.13. The molecule has 0 saturated carbocycles. The smallest absolute Gasteiger partial charge is 0.251 e. The van der Waals surface area contributed by atoms with E-state index < -0.39 is 0 Å². The van der Waals surface area contributed by atoms with Crippen LogP contribution in [-0.2, 0) is 0 Å². The third-order valence-corrected chi connectivity index (χ3v) is 7.39. The van der Waals surface area contributed by atoms with Gasteiger partial charge in [0.1, 0.15) is 0 Å². The van der Waals surface area contributed by atoms with Crippen molar-refractivity contribution in [3.05, 3.63) is 52.5 Å². The average molecular weight is 458 g/mol. The number of anilines is 1. The molecule has 1 fully saturated rings. The van der Waals surface area contributed by atoms with Crippen molar-refractivity contribution in [2.24, 2.45) is 0 Å². The predicted molar refractivity (Wildman–Crippen MR) is 125 cm³/mol. The molecule has 0 aliphatic carbocycles. The van der Waals surface area contributed by atoms with Crippen molar-refractivity contribution in [3.63, 3.8) is 0 Å². The van der Waals surface area contributed by atoms with Crippen LogP contribution in [0.2, 0.25) is 5.02 Å². The molecule has 0 spiro atoms. The molecule has 1 N–H and O–H groups in total. The summed E-state index contributed by atoms with van der Waals surface area (Å²) in [7, 11) is 0. The Bertz CT molecular complexity index is 1200. The SMILES string of the molecule is O=C(NCCN1CCN(c2nc3ccc(Cl)cc3s2)CC1)c1ccc2ncsc2c1. The van der Waals surface area contributed by atoms with Gasteiger partial charge in [-0.15, -0.1) is 11.3 Å². The largest absolute Gasteiger partial charge is 0.351 e. The summed E-state index contributed by atoms with van der Waals surface area (Å²) in [6.45, 7) is 5.27. The van der Waals surface area contributed by atoms with Crippen LogP contribution in [0, 0.1) is 0 Å². The van der Waals surface area contributed by atoms with Gasteiger partial charge in [0.15, 0.2) is 5.13 Å². The fraction of sp³-hybridized carbons (Fsp3) is 0.286. The molecule has 2 aromatic carbocycles. The first-order chi connectivity index (χ1) is 14.7. The van der Waals surface area contributed by atoms with E-state index in [9.17, 15) is 4.79 Å². The van der Waals surface area contributed by atoms with Gasteiger partial charge < -0.3 is 10.2 Å². The van der Waals surface area contributed by atoms with Crippen LogP contribution in [0.1, 0.15) is 10.4 Å². The van der Waals surface area contributed by atoms with Crippen LogP contribution in [0.15, 0.2) is 41.9 Å². The maximum absolute atomic E-state index is 12.4. The summed E-state index contributed by atoms with van der Waals surface area (Å²) in [5, 5.41) is 4.84. The second kappa shape index (κ2) is 8.47. The molecule has 0 radical (unpaired) electrons. The third-order valence-electron chi connectivity index (χ3n) is 5.29. The number of fused-ring (bicyclic) bond motifs is 2. The lowest BCUT2D eigenvalue weighted by atomic mass is 10.2. The number of rotatable bonds is 5. The summed E-state index contributed by atoms with van der Waals surface area (Å²) in [4.78, 5) is 26.1. The van der Waals surface area contributed by atoms with Gasteiger partial charge in [-0.25, -0.2) is 9.97 Å². The molecule has 1 aliphatic heterocycles. The quantitative estimate of drug-likeness (QED) is 0.488. The molecule has 2 aromatic heterocycles. The van der Waals surface area contributed by atoms with Crippen molar-refractivity contribution in [3.8, 4) is 0 Å². The first-order valence-corrected chi connectivity index (χ1v) is 11.9.